The first-order chi connectivity index (χ1) is 4.93. The van der Waals surface area contributed by atoms with E-state index in [-0.39, 0.29) is 0 Å². The molecule has 0 saturated carbocycles. The second kappa shape index (κ2) is 3.88. The van der Waals surface area contributed by atoms with Gasteiger partial charge < -0.3 is 4.84 Å². The molecule has 0 aromatic carbocycles. The largest absolute Gasteiger partial charge is 0.396 e. The first kappa shape index (κ1) is 7.06. The highest BCUT2D eigenvalue weighted by atomic mass is 16.6. The fourth-order valence-corrected chi connectivity index (χ4v) is 0.712. The van der Waals surface area contributed by atoms with Gasteiger partial charge in [0.2, 0.25) is 0 Å². The molecule has 1 rings (SSSR count). The van der Waals surface area contributed by atoms with Crippen molar-refractivity contribution in [2.24, 2.45) is 5.16 Å². The smallest absolute Gasteiger partial charge is 0.114 e. The molecule has 0 aromatic rings. The molecule has 0 fully saturated rings. The minimum Gasteiger partial charge on any atom is -0.396 e. The van der Waals surface area contributed by atoms with Gasteiger partial charge in [0.1, 0.15) is 12.3 Å². The van der Waals surface area contributed by atoms with Crippen LogP contribution < -0.4 is 0 Å². The number of hydrogen-bond donors (Lipinski definition) is 0. The van der Waals surface area contributed by atoms with Gasteiger partial charge in [0.25, 0.3) is 0 Å². The SMILES string of the molecule is CCON=C1C=CCC=C1. The number of rotatable bonds is 2. The van der Waals surface area contributed by atoms with Crippen molar-refractivity contribution in [3.05, 3.63) is 24.3 Å². The van der Waals surface area contributed by atoms with Crippen LogP contribution >= 0.6 is 0 Å². The third-order valence-corrected chi connectivity index (χ3v) is 1.15. The predicted molar refractivity (Wildman–Crippen MR) is 42.0 cm³/mol. The highest BCUT2D eigenvalue weighted by Crippen LogP contribution is 1.98. The number of hydrogen-bond acceptors (Lipinski definition) is 2. The van der Waals surface area contributed by atoms with E-state index in [2.05, 4.69) is 17.3 Å². The molecule has 0 radical (unpaired) electrons. The molecule has 2 heteroatoms. The van der Waals surface area contributed by atoms with Crippen molar-refractivity contribution >= 4 is 5.71 Å². The number of allylic oxidation sites excluding steroid dienone is 4. The van der Waals surface area contributed by atoms with Gasteiger partial charge in [-0.1, -0.05) is 17.3 Å². The Kier molecular flexibility index (Phi) is 2.74. The van der Waals surface area contributed by atoms with Crippen molar-refractivity contribution in [3.63, 3.8) is 0 Å². The lowest BCUT2D eigenvalue weighted by molar-refractivity contribution is 0.159. The van der Waals surface area contributed by atoms with Crippen LogP contribution in [0.2, 0.25) is 0 Å². The minimum absolute atomic E-state index is 0.630. The van der Waals surface area contributed by atoms with E-state index in [0.29, 0.717) is 6.61 Å². The first-order valence-corrected chi connectivity index (χ1v) is 3.46. The molecule has 1 aliphatic carbocycles. The Balaban J connectivity index is 2.46. The molecule has 0 N–H and O–H groups in total. The summed E-state index contributed by atoms with van der Waals surface area (Å²) in [7, 11) is 0. The first-order valence-electron chi connectivity index (χ1n) is 3.46. The standard InChI is InChI=1S/C8H11NO/c1-2-10-9-8-6-4-3-5-7-8/h4-7H,2-3H2,1H3. The molecule has 0 heterocycles. The average Bonchev–Trinajstić information content (AvgIpc) is 2.03. The second-order valence-corrected chi connectivity index (χ2v) is 1.97. The molecular formula is C8H11NO. The molecule has 1 aliphatic rings. The van der Waals surface area contributed by atoms with Gasteiger partial charge in [-0.05, 0) is 25.5 Å². The normalized spacial score (nSPS) is 15.5. The molecule has 0 aliphatic heterocycles. The van der Waals surface area contributed by atoms with E-state index >= 15 is 0 Å². The molecule has 0 bridgehead atoms. The lowest BCUT2D eigenvalue weighted by Gasteiger charge is -1.97. The molecule has 0 amide bonds. The van der Waals surface area contributed by atoms with Gasteiger partial charge in [-0.2, -0.15) is 0 Å². The summed E-state index contributed by atoms with van der Waals surface area (Å²) in [5.41, 5.74) is 0.896. The summed E-state index contributed by atoms with van der Waals surface area (Å²) in [6.45, 7) is 2.55. The van der Waals surface area contributed by atoms with Crippen molar-refractivity contribution in [1.29, 1.82) is 0 Å². The zero-order valence-electron chi connectivity index (χ0n) is 6.08. The Hall–Kier alpha value is -1.05. The highest BCUT2D eigenvalue weighted by molar-refractivity contribution is 6.04. The molecule has 0 saturated heterocycles. The van der Waals surface area contributed by atoms with Gasteiger partial charge >= 0.3 is 0 Å². The fraction of sp³-hybridized carbons (Fsp3) is 0.375. The van der Waals surface area contributed by atoms with E-state index in [4.69, 9.17) is 4.84 Å². The third-order valence-electron chi connectivity index (χ3n) is 1.15. The summed E-state index contributed by atoms with van der Waals surface area (Å²) in [5, 5.41) is 3.84. The summed E-state index contributed by atoms with van der Waals surface area (Å²) >= 11 is 0. The molecule has 10 heavy (non-hydrogen) atoms. The quantitative estimate of drug-likeness (QED) is 0.532. The Morgan fingerprint density at radius 1 is 1.50 bits per heavy atom. The Morgan fingerprint density at radius 3 is 2.80 bits per heavy atom. The maximum atomic E-state index is 4.86. The van der Waals surface area contributed by atoms with Gasteiger partial charge in [-0.25, -0.2) is 0 Å². The van der Waals surface area contributed by atoms with Crippen LogP contribution in [-0.4, -0.2) is 12.3 Å². The van der Waals surface area contributed by atoms with Crippen LogP contribution in [0.5, 0.6) is 0 Å². The monoisotopic (exact) mass is 137 g/mol. The van der Waals surface area contributed by atoms with Crippen molar-refractivity contribution in [3.8, 4) is 0 Å². The van der Waals surface area contributed by atoms with E-state index < -0.39 is 0 Å². The van der Waals surface area contributed by atoms with Crippen molar-refractivity contribution in [1.82, 2.24) is 0 Å². The van der Waals surface area contributed by atoms with Crippen molar-refractivity contribution < 1.29 is 4.84 Å². The van der Waals surface area contributed by atoms with Crippen LogP contribution in [-0.2, 0) is 4.84 Å². The second-order valence-electron chi connectivity index (χ2n) is 1.97. The summed E-state index contributed by atoms with van der Waals surface area (Å²) < 4.78 is 0. The Bertz CT molecular complexity index is 166. The minimum atomic E-state index is 0.630. The molecule has 54 valence electrons. The summed E-state index contributed by atoms with van der Waals surface area (Å²) in [6.07, 6.45) is 9.02. The zero-order valence-corrected chi connectivity index (χ0v) is 6.08. The van der Waals surface area contributed by atoms with Crippen LogP contribution in [0.15, 0.2) is 29.5 Å². The Morgan fingerprint density at radius 2 is 2.20 bits per heavy atom. The predicted octanol–water partition coefficient (Wildman–Crippen LogP) is 1.90. The maximum Gasteiger partial charge on any atom is 0.114 e. The van der Waals surface area contributed by atoms with E-state index in [1.165, 1.54) is 0 Å². The van der Waals surface area contributed by atoms with Crippen LogP contribution in [0.3, 0.4) is 0 Å². The van der Waals surface area contributed by atoms with E-state index in [0.717, 1.165) is 12.1 Å². The molecule has 0 unspecified atom stereocenters. The van der Waals surface area contributed by atoms with Crippen LogP contribution in [0.25, 0.3) is 0 Å². The third kappa shape index (κ3) is 2.05. The maximum absolute atomic E-state index is 4.86. The lowest BCUT2D eigenvalue weighted by Crippen LogP contribution is -1.93. The zero-order chi connectivity index (χ0) is 7.23. The topological polar surface area (TPSA) is 21.6 Å². The molecular weight excluding hydrogens is 126 g/mol. The number of oxime groups is 1. The summed E-state index contributed by atoms with van der Waals surface area (Å²) in [4.78, 5) is 4.86. The molecule has 0 spiro atoms. The Labute approximate surface area is 60.9 Å². The van der Waals surface area contributed by atoms with Crippen LogP contribution in [0.4, 0.5) is 0 Å². The van der Waals surface area contributed by atoms with Crippen LogP contribution in [0.1, 0.15) is 13.3 Å². The van der Waals surface area contributed by atoms with Crippen molar-refractivity contribution in [2.75, 3.05) is 6.61 Å². The lowest BCUT2D eigenvalue weighted by atomic mass is 10.2. The van der Waals surface area contributed by atoms with Gasteiger partial charge in [0.05, 0.1) is 0 Å². The molecule has 0 aromatic heterocycles. The van der Waals surface area contributed by atoms with Gasteiger partial charge in [-0.3, -0.25) is 0 Å². The molecule has 0 atom stereocenters. The fourth-order valence-electron chi connectivity index (χ4n) is 0.712. The van der Waals surface area contributed by atoms with Crippen LogP contribution in [0, 0.1) is 0 Å². The van der Waals surface area contributed by atoms with E-state index in [1.807, 2.05) is 19.1 Å². The van der Waals surface area contributed by atoms with Crippen molar-refractivity contribution in [2.45, 2.75) is 13.3 Å². The average molecular weight is 137 g/mol. The molecule has 2 nitrogen and oxygen atoms in total. The number of nitrogens with zero attached hydrogens (tertiary/aromatic N) is 1. The van der Waals surface area contributed by atoms with E-state index in [1.54, 1.807) is 0 Å². The van der Waals surface area contributed by atoms with E-state index in [9.17, 15) is 0 Å². The summed E-state index contributed by atoms with van der Waals surface area (Å²) in [6, 6.07) is 0. The van der Waals surface area contributed by atoms with Gasteiger partial charge in [0, 0.05) is 0 Å². The summed E-state index contributed by atoms with van der Waals surface area (Å²) in [5.74, 6) is 0. The highest BCUT2D eigenvalue weighted by Gasteiger charge is 1.91. The van der Waals surface area contributed by atoms with Gasteiger partial charge in [-0.15, -0.1) is 0 Å². The van der Waals surface area contributed by atoms with Gasteiger partial charge in [0.15, 0.2) is 0 Å².